The van der Waals surface area contributed by atoms with E-state index in [1.807, 2.05) is 0 Å². The van der Waals surface area contributed by atoms with Crippen LogP contribution in [0.2, 0.25) is 0 Å². The lowest BCUT2D eigenvalue weighted by Gasteiger charge is -2.10. The summed E-state index contributed by atoms with van der Waals surface area (Å²) in [6.07, 6.45) is 0.498. The molecule has 94 valence electrons. The summed E-state index contributed by atoms with van der Waals surface area (Å²) in [5.74, 6) is 0.117. The van der Waals surface area contributed by atoms with Crippen molar-refractivity contribution < 1.29 is 19.5 Å². The van der Waals surface area contributed by atoms with Gasteiger partial charge in [0.05, 0.1) is 6.10 Å². The molecule has 0 aliphatic heterocycles. The fraction of sp³-hybridized carbons (Fsp3) is 0.636. The molecule has 0 saturated heterocycles. The molecule has 1 aliphatic carbocycles. The molecule has 0 radical (unpaired) electrons. The second-order valence-electron chi connectivity index (χ2n) is 4.47. The minimum absolute atomic E-state index is 0.0589. The Hall–Kier alpha value is -1.40. The van der Waals surface area contributed by atoms with E-state index in [-0.39, 0.29) is 30.2 Å². The zero-order valence-corrected chi connectivity index (χ0v) is 9.59. The van der Waals surface area contributed by atoms with Crippen molar-refractivity contribution in [1.29, 1.82) is 0 Å². The van der Waals surface area contributed by atoms with Gasteiger partial charge in [-0.05, 0) is 19.8 Å². The maximum atomic E-state index is 11.7. The van der Waals surface area contributed by atoms with Crippen molar-refractivity contribution >= 4 is 5.91 Å². The molecule has 0 spiro atoms. The van der Waals surface area contributed by atoms with Gasteiger partial charge < -0.3 is 20.1 Å². The van der Waals surface area contributed by atoms with E-state index >= 15 is 0 Å². The van der Waals surface area contributed by atoms with Crippen LogP contribution in [0.25, 0.3) is 0 Å². The van der Waals surface area contributed by atoms with Gasteiger partial charge in [-0.15, -0.1) is 0 Å². The number of carbonyl (C=O) groups is 1. The van der Waals surface area contributed by atoms with Crippen molar-refractivity contribution in [3.63, 3.8) is 0 Å². The Morgan fingerprint density at radius 2 is 2.41 bits per heavy atom. The second-order valence-corrected chi connectivity index (χ2v) is 4.47. The molecule has 1 aliphatic rings. The zero-order chi connectivity index (χ0) is 12.4. The van der Waals surface area contributed by atoms with Crippen LogP contribution in [-0.2, 0) is 0 Å². The minimum Gasteiger partial charge on any atom is -0.396 e. The topological polar surface area (TPSA) is 95.6 Å². The van der Waals surface area contributed by atoms with Gasteiger partial charge in [-0.1, -0.05) is 5.16 Å². The van der Waals surface area contributed by atoms with E-state index in [0.717, 1.165) is 0 Å². The molecule has 3 N–H and O–H groups in total. The number of nitrogens with zero attached hydrogens (tertiary/aromatic N) is 1. The van der Waals surface area contributed by atoms with Crippen LogP contribution in [0.15, 0.2) is 10.6 Å². The van der Waals surface area contributed by atoms with Gasteiger partial charge in [0, 0.05) is 24.6 Å². The lowest BCUT2D eigenvalue weighted by Crippen LogP contribution is -2.33. The number of rotatable bonds is 3. The van der Waals surface area contributed by atoms with Crippen LogP contribution < -0.4 is 5.32 Å². The molecule has 1 aromatic heterocycles. The summed E-state index contributed by atoms with van der Waals surface area (Å²) in [7, 11) is 0. The van der Waals surface area contributed by atoms with Gasteiger partial charge >= 0.3 is 0 Å². The first kappa shape index (κ1) is 12.1. The molecule has 1 heterocycles. The standard InChI is InChI=1S/C11H16N2O4/c1-6-2-9(13-17-6)11(16)12-8-3-7(5-14)10(15)4-8/h2,7-8,10,14-15H,3-5H2,1H3,(H,12,16). The smallest absolute Gasteiger partial charge is 0.273 e. The van der Waals surface area contributed by atoms with Gasteiger partial charge in [0.2, 0.25) is 0 Å². The van der Waals surface area contributed by atoms with E-state index in [4.69, 9.17) is 9.63 Å². The average molecular weight is 240 g/mol. The summed E-state index contributed by atoms with van der Waals surface area (Å²) in [5.41, 5.74) is 0.240. The summed E-state index contributed by atoms with van der Waals surface area (Å²) in [5, 5.41) is 25.0. The zero-order valence-electron chi connectivity index (χ0n) is 9.59. The van der Waals surface area contributed by atoms with E-state index in [9.17, 15) is 9.90 Å². The highest BCUT2D eigenvalue weighted by Gasteiger charge is 2.33. The van der Waals surface area contributed by atoms with E-state index in [0.29, 0.717) is 18.6 Å². The van der Waals surface area contributed by atoms with E-state index in [1.54, 1.807) is 13.0 Å². The fourth-order valence-corrected chi connectivity index (χ4v) is 2.15. The van der Waals surface area contributed by atoms with Crippen LogP contribution in [0, 0.1) is 12.8 Å². The van der Waals surface area contributed by atoms with Gasteiger partial charge in [-0.3, -0.25) is 4.79 Å². The van der Waals surface area contributed by atoms with E-state index in [2.05, 4.69) is 10.5 Å². The molecule has 17 heavy (non-hydrogen) atoms. The summed E-state index contributed by atoms with van der Waals surface area (Å²) >= 11 is 0. The summed E-state index contributed by atoms with van der Waals surface area (Å²) in [6.45, 7) is 1.65. The van der Waals surface area contributed by atoms with Crippen LogP contribution in [-0.4, -0.2) is 40.0 Å². The Labute approximate surface area is 98.6 Å². The Morgan fingerprint density at radius 1 is 1.65 bits per heavy atom. The molecule has 3 atom stereocenters. The molecule has 1 aromatic rings. The largest absolute Gasteiger partial charge is 0.396 e. The van der Waals surface area contributed by atoms with Crippen LogP contribution in [0.3, 0.4) is 0 Å². The van der Waals surface area contributed by atoms with E-state index in [1.165, 1.54) is 0 Å². The lowest BCUT2D eigenvalue weighted by molar-refractivity contribution is 0.0902. The first-order chi connectivity index (χ1) is 8.10. The second kappa shape index (κ2) is 4.85. The molecule has 0 aromatic carbocycles. The van der Waals surface area contributed by atoms with Gasteiger partial charge in [-0.25, -0.2) is 0 Å². The van der Waals surface area contributed by atoms with Crippen molar-refractivity contribution in [2.24, 2.45) is 5.92 Å². The number of aliphatic hydroxyl groups excluding tert-OH is 2. The van der Waals surface area contributed by atoms with Crippen LogP contribution in [0.5, 0.6) is 0 Å². The summed E-state index contributed by atoms with van der Waals surface area (Å²) in [4.78, 5) is 11.7. The molecule has 6 heteroatoms. The molecule has 1 amide bonds. The van der Waals surface area contributed by atoms with Gasteiger partial charge in [0.15, 0.2) is 5.69 Å². The monoisotopic (exact) mass is 240 g/mol. The Balaban J connectivity index is 1.92. The third-order valence-electron chi connectivity index (χ3n) is 3.09. The summed E-state index contributed by atoms with van der Waals surface area (Å²) in [6, 6.07) is 1.44. The Kier molecular flexibility index (Phi) is 3.44. The van der Waals surface area contributed by atoms with Crippen LogP contribution in [0.1, 0.15) is 29.1 Å². The Bertz CT molecular complexity index is 404. The lowest BCUT2D eigenvalue weighted by atomic mass is 10.1. The van der Waals surface area contributed by atoms with Crippen LogP contribution >= 0.6 is 0 Å². The van der Waals surface area contributed by atoms with Crippen molar-refractivity contribution in [2.45, 2.75) is 31.9 Å². The predicted molar refractivity (Wildman–Crippen MR) is 58.3 cm³/mol. The number of carbonyl (C=O) groups excluding carboxylic acids is 1. The van der Waals surface area contributed by atoms with Crippen molar-refractivity contribution in [3.05, 3.63) is 17.5 Å². The third kappa shape index (κ3) is 2.65. The molecule has 3 unspecified atom stereocenters. The highest BCUT2D eigenvalue weighted by atomic mass is 16.5. The number of amides is 1. The molecular weight excluding hydrogens is 224 g/mol. The predicted octanol–water partition coefficient (Wildman–Crippen LogP) is -0.155. The number of nitrogens with one attached hydrogen (secondary N) is 1. The normalized spacial score (nSPS) is 28.3. The number of hydrogen-bond donors (Lipinski definition) is 3. The number of hydrogen-bond acceptors (Lipinski definition) is 5. The fourth-order valence-electron chi connectivity index (χ4n) is 2.15. The first-order valence-electron chi connectivity index (χ1n) is 5.63. The molecule has 0 bridgehead atoms. The molecule has 2 rings (SSSR count). The van der Waals surface area contributed by atoms with Crippen molar-refractivity contribution in [2.75, 3.05) is 6.61 Å². The third-order valence-corrected chi connectivity index (χ3v) is 3.09. The van der Waals surface area contributed by atoms with Gasteiger partial charge in [0.1, 0.15) is 5.76 Å². The molecule has 6 nitrogen and oxygen atoms in total. The Morgan fingerprint density at radius 3 is 2.94 bits per heavy atom. The maximum absolute atomic E-state index is 11.7. The number of aryl methyl sites for hydroxylation is 1. The molecular formula is C11H16N2O4. The minimum atomic E-state index is -0.552. The molecule has 1 saturated carbocycles. The SMILES string of the molecule is Cc1cc(C(=O)NC2CC(O)C(CO)C2)no1. The van der Waals surface area contributed by atoms with Crippen LogP contribution in [0.4, 0.5) is 0 Å². The number of aliphatic hydroxyl groups is 2. The van der Waals surface area contributed by atoms with Crippen molar-refractivity contribution in [3.8, 4) is 0 Å². The molecule has 1 fully saturated rings. The summed E-state index contributed by atoms with van der Waals surface area (Å²) < 4.78 is 4.81. The quantitative estimate of drug-likeness (QED) is 0.682. The maximum Gasteiger partial charge on any atom is 0.273 e. The van der Waals surface area contributed by atoms with E-state index < -0.39 is 6.10 Å². The first-order valence-corrected chi connectivity index (χ1v) is 5.63. The number of aromatic nitrogens is 1. The highest BCUT2D eigenvalue weighted by Crippen LogP contribution is 2.25. The highest BCUT2D eigenvalue weighted by molar-refractivity contribution is 5.92. The average Bonchev–Trinajstić information content (AvgIpc) is 2.85. The van der Waals surface area contributed by atoms with Gasteiger partial charge in [-0.2, -0.15) is 0 Å². The van der Waals surface area contributed by atoms with Crippen molar-refractivity contribution in [1.82, 2.24) is 10.5 Å². The van der Waals surface area contributed by atoms with Gasteiger partial charge in [0.25, 0.3) is 5.91 Å².